The van der Waals surface area contributed by atoms with E-state index < -0.39 is 0 Å². The zero-order chi connectivity index (χ0) is 11.5. The number of aliphatic imine (C=N–C) groups is 1. The van der Waals surface area contributed by atoms with Gasteiger partial charge in [0.15, 0.2) is 0 Å². The van der Waals surface area contributed by atoms with Gasteiger partial charge in [0.25, 0.3) is 0 Å². The Labute approximate surface area is 99.7 Å². The van der Waals surface area contributed by atoms with Gasteiger partial charge in [-0.1, -0.05) is 30.7 Å². The quantitative estimate of drug-likeness (QED) is 0.776. The number of fused-ring (bicyclic) bond motifs is 1. The minimum Gasteiger partial charge on any atom is -0.310 e. The number of anilines is 1. The van der Waals surface area contributed by atoms with Crippen LogP contribution in [0.3, 0.4) is 0 Å². The highest BCUT2D eigenvalue weighted by Crippen LogP contribution is 2.25. The SMILES string of the molecule is CCCN1C(=O)CN=C(Cl)c2ccccc21. The molecule has 1 heterocycles. The minimum atomic E-state index is 0.00458. The molecular formula is C12H13ClN2O. The van der Waals surface area contributed by atoms with E-state index in [0.717, 1.165) is 17.7 Å². The maximum absolute atomic E-state index is 11.9. The Kier molecular flexibility index (Phi) is 3.25. The third-order valence-corrected chi connectivity index (χ3v) is 2.84. The summed E-state index contributed by atoms with van der Waals surface area (Å²) in [6.45, 7) is 2.88. The Morgan fingerprint density at radius 1 is 1.44 bits per heavy atom. The summed E-state index contributed by atoms with van der Waals surface area (Å²) in [6, 6.07) is 7.61. The van der Waals surface area contributed by atoms with Crippen LogP contribution in [-0.4, -0.2) is 24.2 Å². The fourth-order valence-corrected chi connectivity index (χ4v) is 2.01. The second-order valence-corrected chi connectivity index (χ2v) is 4.03. The monoisotopic (exact) mass is 236 g/mol. The summed E-state index contributed by atoms with van der Waals surface area (Å²) in [4.78, 5) is 17.7. The van der Waals surface area contributed by atoms with Gasteiger partial charge in [0, 0.05) is 12.1 Å². The van der Waals surface area contributed by atoms with E-state index in [0.29, 0.717) is 11.7 Å². The molecule has 1 amide bonds. The highest BCUT2D eigenvalue weighted by atomic mass is 35.5. The number of hydrogen-bond acceptors (Lipinski definition) is 2. The number of benzene rings is 1. The molecule has 1 aromatic rings. The van der Waals surface area contributed by atoms with Crippen molar-refractivity contribution in [3.05, 3.63) is 29.8 Å². The van der Waals surface area contributed by atoms with Crippen molar-refractivity contribution in [2.24, 2.45) is 4.99 Å². The van der Waals surface area contributed by atoms with Crippen LogP contribution in [0.4, 0.5) is 5.69 Å². The van der Waals surface area contributed by atoms with Gasteiger partial charge in [-0.05, 0) is 18.6 Å². The lowest BCUT2D eigenvalue weighted by atomic mass is 10.1. The topological polar surface area (TPSA) is 32.7 Å². The van der Waals surface area contributed by atoms with Crippen molar-refractivity contribution in [1.82, 2.24) is 0 Å². The van der Waals surface area contributed by atoms with E-state index in [4.69, 9.17) is 11.6 Å². The van der Waals surface area contributed by atoms with E-state index in [1.54, 1.807) is 4.90 Å². The predicted molar refractivity (Wildman–Crippen MR) is 66.3 cm³/mol. The maximum atomic E-state index is 11.9. The van der Waals surface area contributed by atoms with Crippen molar-refractivity contribution < 1.29 is 4.79 Å². The van der Waals surface area contributed by atoms with E-state index in [-0.39, 0.29) is 12.5 Å². The van der Waals surface area contributed by atoms with Crippen LogP contribution in [0.2, 0.25) is 0 Å². The lowest BCUT2D eigenvalue weighted by molar-refractivity contribution is -0.117. The largest absolute Gasteiger partial charge is 0.310 e. The maximum Gasteiger partial charge on any atom is 0.248 e. The lowest BCUT2D eigenvalue weighted by Crippen LogP contribution is -2.33. The number of carbonyl (C=O) groups is 1. The molecule has 2 rings (SSSR count). The van der Waals surface area contributed by atoms with Gasteiger partial charge < -0.3 is 4.90 Å². The summed E-state index contributed by atoms with van der Waals surface area (Å²) >= 11 is 6.05. The minimum absolute atomic E-state index is 0.00458. The molecule has 1 aromatic carbocycles. The average Bonchev–Trinajstić information content (AvgIpc) is 2.42. The predicted octanol–water partition coefficient (Wildman–Crippen LogP) is 2.43. The first-order chi connectivity index (χ1) is 7.74. The first-order valence-electron chi connectivity index (χ1n) is 5.33. The molecule has 0 spiro atoms. The van der Waals surface area contributed by atoms with Gasteiger partial charge in [-0.3, -0.25) is 9.79 Å². The first-order valence-corrected chi connectivity index (χ1v) is 5.71. The Balaban J connectivity index is 2.50. The van der Waals surface area contributed by atoms with Crippen molar-refractivity contribution in [2.45, 2.75) is 13.3 Å². The van der Waals surface area contributed by atoms with E-state index in [2.05, 4.69) is 4.99 Å². The number of benzodiazepines with no additional fused rings is 1. The Morgan fingerprint density at radius 3 is 2.94 bits per heavy atom. The van der Waals surface area contributed by atoms with Crippen LogP contribution in [0.25, 0.3) is 0 Å². The number of nitrogens with zero attached hydrogens (tertiary/aromatic N) is 2. The van der Waals surface area contributed by atoms with Crippen LogP contribution in [0.5, 0.6) is 0 Å². The Morgan fingerprint density at radius 2 is 2.19 bits per heavy atom. The Bertz CT molecular complexity index is 442. The summed E-state index contributed by atoms with van der Waals surface area (Å²) in [5.41, 5.74) is 1.70. The number of carbonyl (C=O) groups excluding carboxylic acids is 1. The number of amides is 1. The van der Waals surface area contributed by atoms with E-state index in [1.165, 1.54) is 0 Å². The zero-order valence-corrected chi connectivity index (χ0v) is 9.87. The van der Waals surface area contributed by atoms with Crippen molar-refractivity contribution >= 4 is 28.4 Å². The van der Waals surface area contributed by atoms with E-state index in [1.807, 2.05) is 31.2 Å². The van der Waals surface area contributed by atoms with Crippen LogP contribution in [0, 0.1) is 0 Å². The summed E-state index contributed by atoms with van der Waals surface area (Å²) in [6.07, 6.45) is 0.914. The molecule has 0 aliphatic carbocycles. The smallest absolute Gasteiger partial charge is 0.248 e. The summed E-state index contributed by atoms with van der Waals surface area (Å²) in [5, 5.41) is 0.419. The molecule has 0 aromatic heterocycles. The van der Waals surface area contributed by atoms with Crippen LogP contribution >= 0.6 is 11.6 Å². The van der Waals surface area contributed by atoms with Gasteiger partial charge in [-0.25, -0.2) is 0 Å². The normalized spacial score (nSPS) is 15.5. The van der Waals surface area contributed by atoms with Gasteiger partial charge in [0.2, 0.25) is 5.91 Å². The molecule has 3 nitrogen and oxygen atoms in total. The van der Waals surface area contributed by atoms with E-state index in [9.17, 15) is 4.79 Å². The molecule has 0 unspecified atom stereocenters. The third-order valence-electron chi connectivity index (χ3n) is 2.52. The second-order valence-electron chi connectivity index (χ2n) is 3.67. The van der Waals surface area contributed by atoms with Crippen LogP contribution in [0.15, 0.2) is 29.3 Å². The van der Waals surface area contributed by atoms with Gasteiger partial charge in [0.05, 0.1) is 5.69 Å². The summed E-state index contributed by atoms with van der Waals surface area (Å²) < 4.78 is 0. The number of rotatable bonds is 2. The number of halogens is 1. The summed E-state index contributed by atoms with van der Waals surface area (Å²) in [7, 11) is 0. The molecule has 16 heavy (non-hydrogen) atoms. The van der Waals surface area contributed by atoms with Crippen molar-refractivity contribution in [3.63, 3.8) is 0 Å². The molecule has 84 valence electrons. The van der Waals surface area contributed by atoms with Crippen LogP contribution < -0.4 is 4.90 Å². The average molecular weight is 237 g/mol. The molecule has 1 aliphatic heterocycles. The summed E-state index contributed by atoms with van der Waals surface area (Å²) in [5.74, 6) is 0.00458. The molecule has 0 saturated carbocycles. The molecule has 0 bridgehead atoms. The highest BCUT2D eigenvalue weighted by molar-refractivity contribution is 6.70. The van der Waals surface area contributed by atoms with Gasteiger partial charge in [-0.15, -0.1) is 0 Å². The lowest BCUT2D eigenvalue weighted by Gasteiger charge is -2.21. The zero-order valence-electron chi connectivity index (χ0n) is 9.11. The molecule has 0 atom stereocenters. The number of hydrogen-bond donors (Lipinski definition) is 0. The number of para-hydroxylation sites is 1. The molecule has 0 radical (unpaired) electrons. The fraction of sp³-hybridized carbons (Fsp3) is 0.333. The molecule has 0 N–H and O–H groups in total. The third kappa shape index (κ3) is 1.95. The molecule has 0 saturated heterocycles. The van der Waals surface area contributed by atoms with Gasteiger partial charge in [0.1, 0.15) is 11.7 Å². The standard InChI is InChI=1S/C12H13ClN2O/c1-2-7-15-10-6-4-3-5-9(10)12(13)14-8-11(15)16/h3-6H,2,7-8H2,1H3. The van der Waals surface area contributed by atoms with E-state index >= 15 is 0 Å². The highest BCUT2D eigenvalue weighted by Gasteiger charge is 2.22. The molecular weight excluding hydrogens is 224 g/mol. The molecule has 4 heteroatoms. The van der Waals surface area contributed by atoms with Crippen LogP contribution in [-0.2, 0) is 4.79 Å². The molecule has 1 aliphatic rings. The van der Waals surface area contributed by atoms with Gasteiger partial charge in [-0.2, -0.15) is 0 Å². The fourth-order valence-electron chi connectivity index (χ4n) is 1.79. The second kappa shape index (κ2) is 4.66. The van der Waals surface area contributed by atoms with Crippen molar-refractivity contribution in [1.29, 1.82) is 0 Å². The van der Waals surface area contributed by atoms with Gasteiger partial charge >= 0.3 is 0 Å². The first kappa shape index (κ1) is 11.1. The molecule has 0 fully saturated rings. The van der Waals surface area contributed by atoms with Crippen LogP contribution in [0.1, 0.15) is 18.9 Å². The van der Waals surface area contributed by atoms with Crippen molar-refractivity contribution in [3.8, 4) is 0 Å². The van der Waals surface area contributed by atoms with Crippen molar-refractivity contribution in [2.75, 3.05) is 18.0 Å². The Hall–Kier alpha value is -1.35.